The number of ether oxygens (including phenoxy) is 2. The average molecular weight is 429 g/mol. The summed E-state index contributed by atoms with van der Waals surface area (Å²) in [5.41, 5.74) is 1.47. The van der Waals surface area contributed by atoms with E-state index in [1.165, 1.54) is 0 Å². The van der Waals surface area contributed by atoms with Gasteiger partial charge in [0.25, 0.3) is 0 Å². The number of unbranched alkanes of at least 4 members (excludes halogenated alkanes) is 1. The number of aromatic nitrogens is 1. The fourth-order valence-corrected chi connectivity index (χ4v) is 2.92. The topological polar surface area (TPSA) is 73.6 Å². The molecule has 0 aliphatic rings. The number of aryl methyl sites for hydroxylation is 1. The number of benzene rings is 2. The van der Waals surface area contributed by atoms with Gasteiger partial charge in [0.1, 0.15) is 11.5 Å². The molecule has 0 spiro atoms. The molecule has 0 unspecified atom stereocenters. The predicted octanol–water partition coefficient (Wildman–Crippen LogP) is 5.75. The van der Waals surface area contributed by atoms with Gasteiger partial charge in [0.2, 0.25) is 5.91 Å². The van der Waals surface area contributed by atoms with Crippen LogP contribution in [0.25, 0.3) is 11.3 Å². The van der Waals surface area contributed by atoms with E-state index in [0.29, 0.717) is 46.9 Å². The Labute approximate surface area is 181 Å². The zero-order chi connectivity index (χ0) is 21.3. The number of carbonyl (C=O) groups excluding carboxylic acids is 1. The molecular weight excluding hydrogens is 404 g/mol. The molecule has 2 aromatic carbocycles. The number of carbonyl (C=O) groups is 1. The van der Waals surface area contributed by atoms with E-state index in [1.807, 2.05) is 18.2 Å². The van der Waals surface area contributed by atoms with Crippen LogP contribution in [-0.4, -0.2) is 24.6 Å². The molecule has 1 N–H and O–H groups in total. The highest BCUT2D eigenvalue weighted by molar-refractivity contribution is 6.30. The van der Waals surface area contributed by atoms with Gasteiger partial charge in [-0.15, -0.1) is 0 Å². The molecule has 0 bridgehead atoms. The molecule has 158 valence electrons. The van der Waals surface area contributed by atoms with E-state index in [4.69, 9.17) is 25.5 Å². The zero-order valence-corrected chi connectivity index (χ0v) is 17.9. The van der Waals surface area contributed by atoms with Gasteiger partial charge in [-0.3, -0.25) is 4.79 Å². The largest absolute Gasteiger partial charge is 0.497 e. The molecule has 0 atom stereocenters. The number of oxazole rings is 1. The summed E-state index contributed by atoms with van der Waals surface area (Å²) in [6.07, 6.45) is 4.24. The van der Waals surface area contributed by atoms with E-state index in [1.54, 1.807) is 37.6 Å². The van der Waals surface area contributed by atoms with E-state index in [0.717, 1.165) is 18.4 Å². The third kappa shape index (κ3) is 6.00. The fraction of sp³-hybridized carbons (Fsp3) is 0.304. The average Bonchev–Trinajstić information content (AvgIpc) is 3.23. The van der Waals surface area contributed by atoms with Crippen LogP contribution in [0, 0.1) is 0 Å². The highest BCUT2D eigenvalue weighted by Gasteiger charge is 2.12. The quantitative estimate of drug-likeness (QED) is 0.416. The third-order valence-corrected chi connectivity index (χ3v) is 4.72. The molecule has 0 radical (unpaired) electrons. The van der Waals surface area contributed by atoms with Crippen LogP contribution in [0.1, 0.15) is 32.1 Å². The van der Waals surface area contributed by atoms with Crippen LogP contribution in [0.15, 0.2) is 53.1 Å². The fourth-order valence-electron chi connectivity index (χ4n) is 2.79. The van der Waals surface area contributed by atoms with Crippen molar-refractivity contribution in [2.75, 3.05) is 19.0 Å². The van der Waals surface area contributed by atoms with Crippen molar-refractivity contribution in [2.24, 2.45) is 0 Å². The van der Waals surface area contributed by atoms with Crippen LogP contribution in [-0.2, 0) is 11.2 Å². The molecule has 6 nitrogen and oxygen atoms in total. The highest BCUT2D eigenvalue weighted by atomic mass is 35.5. The summed E-state index contributed by atoms with van der Waals surface area (Å²) in [5, 5.41) is 3.56. The Balaban J connectivity index is 1.60. The summed E-state index contributed by atoms with van der Waals surface area (Å²) in [6.45, 7) is 2.69. The summed E-state index contributed by atoms with van der Waals surface area (Å²) in [4.78, 5) is 16.8. The summed E-state index contributed by atoms with van der Waals surface area (Å²) >= 11 is 5.91. The molecular formula is C23H25ClN2O4. The molecule has 0 fully saturated rings. The summed E-state index contributed by atoms with van der Waals surface area (Å²) in [5.74, 6) is 2.25. The van der Waals surface area contributed by atoms with Gasteiger partial charge in [0.15, 0.2) is 11.7 Å². The molecule has 3 rings (SSSR count). The number of halogens is 1. The van der Waals surface area contributed by atoms with Crippen molar-refractivity contribution >= 4 is 23.2 Å². The molecule has 0 saturated carbocycles. The van der Waals surface area contributed by atoms with Crippen LogP contribution >= 0.6 is 11.6 Å². The molecule has 0 aliphatic heterocycles. The molecule has 1 heterocycles. The lowest BCUT2D eigenvalue weighted by molar-refractivity contribution is -0.116. The van der Waals surface area contributed by atoms with Gasteiger partial charge >= 0.3 is 0 Å². The van der Waals surface area contributed by atoms with E-state index in [9.17, 15) is 4.79 Å². The number of hydrogen-bond donors (Lipinski definition) is 1. The Morgan fingerprint density at radius 1 is 1.20 bits per heavy atom. The molecule has 1 aromatic heterocycles. The maximum atomic E-state index is 12.5. The SMILES string of the molecule is CCCCOc1ccc(OC)cc1NC(=O)CCc1ncc(-c2ccc(Cl)cc2)o1. The number of amides is 1. The minimum atomic E-state index is -0.158. The Morgan fingerprint density at radius 2 is 2.00 bits per heavy atom. The van der Waals surface area contributed by atoms with Crippen molar-refractivity contribution in [1.29, 1.82) is 0 Å². The lowest BCUT2D eigenvalue weighted by atomic mass is 10.2. The highest BCUT2D eigenvalue weighted by Crippen LogP contribution is 2.30. The van der Waals surface area contributed by atoms with Crippen molar-refractivity contribution in [2.45, 2.75) is 32.6 Å². The smallest absolute Gasteiger partial charge is 0.224 e. The lowest BCUT2D eigenvalue weighted by Gasteiger charge is -2.13. The van der Waals surface area contributed by atoms with E-state index >= 15 is 0 Å². The first-order valence-corrected chi connectivity index (χ1v) is 10.3. The minimum absolute atomic E-state index is 0.158. The molecule has 0 aliphatic carbocycles. The van der Waals surface area contributed by atoms with Crippen molar-refractivity contribution in [3.05, 3.63) is 59.6 Å². The van der Waals surface area contributed by atoms with Crippen molar-refractivity contribution in [1.82, 2.24) is 4.98 Å². The monoisotopic (exact) mass is 428 g/mol. The second kappa shape index (κ2) is 10.7. The van der Waals surface area contributed by atoms with Crippen molar-refractivity contribution < 1.29 is 18.7 Å². The van der Waals surface area contributed by atoms with Gasteiger partial charge in [-0.05, 0) is 42.8 Å². The van der Waals surface area contributed by atoms with Crippen LogP contribution in [0.2, 0.25) is 5.02 Å². The maximum Gasteiger partial charge on any atom is 0.224 e. The lowest BCUT2D eigenvalue weighted by Crippen LogP contribution is -2.13. The number of anilines is 1. The van der Waals surface area contributed by atoms with Crippen LogP contribution in [0.4, 0.5) is 5.69 Å². The number of nitrogens with zero attached hydrogens (tertiary/aromatic N) is 1. The number of methoxy groups -OCH3 is 1. The molecule has 7 heteroatoms. The number of hydrogen-bond acceptors (Lipinski definition) is 5. The zero-order valence-electron chi connectivity index (χ0n) is 17.1. The minimum Gasteiger partial charge on any atom is -0.497 e. The Kier molecular flexibility index (Phi) is 7.74. The number of rotatable bonds is 10. The second-order valence-corrected chi connectivity index (χ2v) is 7.17. The first kappa shape index (κ1) is 21.7. The molecule has 0 saturated heterocycles. The van der Waals surface area contributed by atoms with Gasteiger partial charge in [0, 0.05) is 29.5 Å². The van der Waals surface area contributed by atoms with Gasteiger partial charge < -0.3 is 19.2 Å². The summed E-state index contributed by atoms with van der Waals surface area (Å²) in [7, 11) is 1.58. The Bertz CT molecular complexity index is 970. The maximum absolute atomic E-state index is 12.5. The van der Waals surface area contributed by atoms with Crippen molar-refractivity contribution in [3.63, 3.8) is 0 Å². The second-order valence-electron chi connectivity index (χ2n) is 6.74. The first-order chi connectivity index (χ1) is 14.6. The Hall–Kier alpha value is -2.99. The van der Waals surface area contributed by atoms with Crippen LogP contribution < -0.4 is 14.8 Å². The summed E-state index contributed by atoms with van der Waals surface area (Å²) in [6, 6.07) is 12.7. The van der Waals surface area contributed by atoms with Crippen LogP contribution in [0.3, 0.4) is 0 Å². The normalized spacial score (nSPS) is 10.6. The van der Waals surface area contributed by atoms with Crippen molar-refractivity contribution in [3.8, 4) is 22.8 Å². The molecule has 30 heavy (non-hydrogen) atoms. The van der Waals surface area contributed by atoms with Crippen LogP contribution in [0.5, 0.6) is 11.5 Å². The molecule has 3 aromatic rings. The van der Waals surface area contributed by atoms with Gasteiger partial charge in [-0.1, -0.05) is 24.9 Å². The number of nitrogens with one attached hydrogen (secondary N) is 1. The Morgan fingerprint density at radius 3 is 2.73 bits per heavy atom. The van der Waals surface area contributed by atoms with E-state index in [-0.39, 0.29) is 12.3 Å². The van der Waals surface area contributed by atoms with Gasteiger partial charge in [-0.2, -0.15) is 0 Å². The van der Waals surface area contributed by atoms with Gasteiger partial charge in [-0.25, -0.2) is 4.98 Å². The van der Waals surface area contributed by atoms with E-state index < -0.39 is 0 Å². The summed E-state index contributed by atoms with van der Waals surface area (Å²) < 4.78 is 16.8. The van der Waals surface area contributed by atoms with Gasteiger partial charge in [0.05, 0.1) is 25.6 Å². The first-order valence-electron chi connectivity index (χ1n) is 9.90. The van der Waals surface area contributed by atoms with E-state index in [2.05, 4.69) is 17.2 Å². The standard InChI is InChI=1S/C23H25ClN2O4/c1-3-4-13-29-20-10-9-18(28-2)14-19(20)26-22(27)11-12-23-25-15-21(30-23)16-5-7-17(24)8-6-16/h5-10,14-15H,3-4,11-13H2,1-2H3,(H,26,27). The molecule has 1 amide bonds. The third-order valence-electron chi connectivity index (χ3n) is 4.46. The predicted molar refractivity (Wildman–Crippen MR) is 117 cm³/mol.